The van der Waals surface area contributed by atoms with E-state index in [9.17, 15) is 24.3 Å². The van der Waals surface area contributed by atoms with Crippen LogP contribution in [-0.2, 0) is 23.9 Å². The number of allylic oxidation sites excluding steroid dienone is 4. The molecule has 1 heterocycles. The van der Waals surface area contributed by atoms with Gasteiger partial charge in [0.25, 0.3) is 0 Å². The van der Waals surface area contributed by atoms with Gasteiger partial charge in [-0.3, -0.25) is 24.1 Å². The lowest BCUT2D eigenvalue weighted by molar-refractivity contribution is -0.182. The average Bonchev–Trinajstić information content (AvgIpc) is 3.11. The van der Waals surface area contributed by atoms with Gasteiger partial charge >= 0.3 is 5.97 Å². The highest BCUT2D eigenvalue weighted by Crippen LogP contribution is 2.70. The van der Waals surface area contributed by atoms with Gasteiger partial charge in [0.1, 0.15) is 11.4 Å². The second kappa shape index (κ2) is 8.95. The number of rotatable bonds is 5. The number of Topliss-reactive ketones (excluding diaryl/α,β-unsaturated/α-hetero) is 2. The highest BCUT2D eigenvalue weighted by atomic mass is 16.5. The summed E-state index contributed by atoms with van der Waals surface area (Å²) in [6.45, 7) is 9.00. The summed E-state index contributed by atoms with van der Waals surface area (Å²) in [4.78, 5) is 56.0. The zero-order chi connectivity index (χ0) is 26.8. The van der Waals surface area contributed by atoms with Crippen LogP contribution >= 0.6 is 0 Å². The van der Waals surface area contributed by atoms with Crippen molar-refractivity contribution in [3.8, 4) is 0 Å². The van der Waals surface area contributed by atoms with Crippen molar-refractivity contribution in [3.63, 3.8) is 0 Å². The van der Waals surface area contributed by atoms with E-state index >= 15 is 0 Å². The first kappa shape index (κ1) is 26.4. The van der Waals surface area contributed by atoms with Crippen molar-refractivity contribution in [2.45, 2.75) is 58.5 Å². The number of ether oxygens (including phenoxy) is 1. The van der Waals surface area contributed by atoms with E-state index in [2.05, 4.69) is 18.7 Å². The quantitative estimate of drug-likeness (QED) is 0.558. The number of carbonyl (C=O) groups excluding carboxylic acids is 4. The lowest BCUT2D eigenvalue weighted by atomic mass is 9.41. The number of nitrogens with zero attached hydrogens (tertiary/aromatic N) is 2. The molecule has 0 aromatic heterocycles. The first-order chi connectivity index (χ1) is 17.3. The zero-order valence-corrected chi connectivity index (χ0v) is 22.5. The standard InChI is InChI=1S/C29H40N2O6/c1-26-9-6-20(32)15-19(26)5-8-27(2)22-7-10-29(36,28(22,3)16-21(33)25(26)27)23(34)18-37-24(35)17-31-13-11-30(4)12-14-31/h6,9,15,22,25,36H,5,7-8,10-14,16-18H2,1-4H3/t22-,25+,26-,27-,28-,29-/m0/s1. The smallest absolute Gasteiger partial charge is 0.320 e. The molecular weight excluding hydrogens is 472 g/mol. The van der Waals surface area contributed by atoms with Gasteiger partial charge in [-0.15, -0.1) is 0 Å². The molecule has 1 saturated heterocycles. The average molecular weight is 513 g/mol. The Balaban J connectivity index is 1.32. The Kier molecular flexibility index (Phi) is 6.40. The summed E-state index contributed by atoms with van der Waals surface area (Å²) in [7, 11) is 2.04. The van der Waals surface area contributed by atoms with Crippen molar-refractivity contribution >= 4 is 23.3 Å². The van der Waals surface area contributed by atoms with Gasteiger partial charge in [0.2, 0.25) is 5.78 Å². The molecule has 5 rings (SSSR count). The van der Waals surface area contributed by atoms with E-state index in [-0.39, 0.29) is 42.8 Å². The highest BCUT2D eigenvalue weighted by Gasteiger charge is 2.72. The van der Waals surface area contributed by atoms with Crippen LogP contribution in [0.4, 0.5) is 0 Å². The van der Waals surface area contributed by atoms with Gasteiger partial charge < -0.3 is 14.7 Å². The normalized spacial score (nSPS) is 42.0. The van der Waals surface area contributed by atoms with Crippen molar-refractivity contribution in [1.82, 2.24) is 9.80 Å². The molecule has 1 N–H and O–H groups in total. The molecule has 0 aromatic carbocycles. The number of likely N-dealkylation sites (N-methyl/N-ethyl adjacent to an activating group) is 1. The van der Waals surface area contributed by atoms with Crippen LogP contribution < -0.4 is 0 Å². The summed E-state index contributed by atoms with van der Waals surface area (Å²) in [5.74, 6) is -1.32. The van der Waals surface area contributed by atoms with E-state index in [0.29, 0.717) is 6.42 Å². The number of piperazine rings is 1. The number of aliphatic hydroxyl groups is 1. The minimum absolute atomic E-state index is 0.0350. The monoisotopic (exact) mass is 512 g/mol. The van der Waals surface area contributed by atoms with E-state index in [1.807, 2.05) is 24.9 Å². The lowest BCUT2D eigenvalue weighted by Gasteiger charge is -2.62. The lowest BCUT2D eigenvalue weighted by Crippen LogP contribution is -2.64. The Morgan fingerprint density at radius 1 is 1.11 bits per heavy atom. The van der Waals surface area contributed by atoms with Gasteiger partial charge in [-0.1, -0.05) is 32.4 Å². The summed E-state index contributed by atoms with van der Waals surface area (Å²) < 4.78 is 5.35. The van der Waals surface area contributed by atoms with Crippen LogP contribution in [0.5, 0.6) is 0 Å². The van der Waals surface area contributed by atoms with E-state index in [1.165, 1.54) is 0 Å². The molecule has 0 unspecified atom stereocenters. The summed E-state index contributed by atoms with van der Waals surface area (Å²) in [6.07, 6.45) is 7.59. The maximum absolute atomic E-state index is 13.9. The minimum Gasteiger partial charge on any atom is -0.457 e. The summed E-state index contributed by atoms with van der Waals surface area (Å²) in [6, 6.07) is 0. The molecule has 4 fully saturated rings. The fourth-order valence-electron chi connectivity index (χ4n) is 8.67. The topological polar surface area (TPSA) is 104 Å². The first-order valence-electron chi connectivity index (χ1n) is 13.6. The second-order valence-corrected chi connectivity index (χ2v) is 12.8. The predicted octanol–water partition coefficient (Wildman–Crippen LogP) is 1.95. The number of hydrogen-bond acceptors (Lipinski definition) is 8. The largest absolute Gasteiger partial charge is 0.457 e. The van der Waals surface area contributed by atoms with E-state index in [0.717, 1.165) is 44.6 Å². The Morgan fingerprint density at radius 3 is 2.51 bits per heavy atom. The molecule has 0 bridgehead atoms. The van der Waals surface area contributed by atoms with E-state index < -0.39 is 40.2 Å². The molecular formula is C29H40N2O6. The maximum atomic E-state index is 13.9. The SMILES string of the molecule is CN1CCN(CC(=O)OCC(=O)[C@@]2(O)CC[C@H]3[C@]4(C)CCC5=CC(=O)C=C[C@]5(C)[C@H]4C(=O)C[C@@]32C)CC1. The molecule has 202 valence electrons. The molecule has 5 aliphatic rings. The number of carbonyl (C=O) groups is 4. The van der Waals surface area contributed by atoms with Crippen LogP contribution in [0.15, 0.2) is 23.8 Å². The number of esters is 1. The molecule has 37 heavy (non-hydrogen) atoms. The van der Waals surface area contributed by atoms with Gasteiger partial charge in [-0.2, -0.15) is 0 Å². The van der Waals surface area contributed by atoms with Crippen molar-refractivity contribution in [2.24, 2.45) is 28.1 Å². The molecule has 0 spiro atoms. The first-order valence-corrected chi connectivity index (χ1v) is 13.6. The number of hydrogen-bond donors (Lipinski definition) is 1. The molecule has 1 aliphatic heterocycles. The van der Waals surface area contributed by atoms with Crippen molar-refractivity contribution in [2.75, 3.05) is 46.4 Å². The Hall–Kier alpha value is -2.16. The van der Waals surface area contributed by atoms with E-state index in [4.69, 9.17) is 4.74 Å². The van der Waals surface area contributed by atoms with Crippen LogP contribution in [0.3, 0.4) is 0 Å². The molecule has 3 saturated carbocycles. The van der Waals surface area contributed by atoms with Gasteiger partial charge in [-0.05, 0) is 56.2 Å². The minimum atomic E-state index is -1.72. The summed E-state index contributed by atoms with van der Waals surface area (Å²) >= 11 is 0. The Labute approximate surface area is 219 Å². The fourth-order valence-corrected chi connectivity index (χ4v) is 8.67. The molecule has 0 radical (unpaired) electrons. The van der Waals surface area contributed by atoms with Crippen molar-refractivity contribution in [3.05, 3.63) is 23.8 Å². The summed E-state index contributed by atoms with van der Waals surface area (Å²) in [5.41, 5.74) is -2.57. The van der Waals surface area contributed by atoms with Gasteiger partial charge in [0, 0.05) is 49.3 Å². The molecule has 8 heteroatoms. The van der Waals surface area contributed by atoms with Gasteiger partial charge in [-0.25, -0.2) is 0 Å². The third-order valence-corrected chi connectivity index (χ3v) is 10.7. The number of ketones is 3. The van der Waals surface area contributed by atoms with Gasteiger partial charge in [0.05, 0.1) is 6.54 Å². The molecule has 0 amide bonds. The van der Waals surface area contributed by atoms with Gasteiger partial charge in [0.15, 0.2) is 12.4 Å². The Bertz CT molecular complexity index is 1090. The van der Waals surface area contributed by atoms with Crippen LogP contribution in [0.25, 0.3) is 0 Å². The molecule has 4 aliphatic carbocycles. The molecule has 8 nitrogen and oxygen atoms in total. The maximum Gasteiger partial charge on any atom is 0.320 e. The third-order valence-electron chi connectivity index (χ3n) is 10.7. The van der Waals surface area contributed by atoms with Crippen molar-refractivity contribution < 1.29 is 29.0 Å². The van der Waals surface area contributed by atoms with E-state index in [1.54, 1.807) is 12.2 Å². The van der Waals surface area contributed by atoms with Crippen LogP contribution in [0, 0.1) is 28.1 Å². The second-order valence-electron chi connectivity index (χ2n) is 12.8. The number of fused-ring (bicyclic) bond motifs is 5. The fraction of sp³-hybridized carbons (Fsp3) is 0.724. The Morgan fingerprint density at radius 2 is 1.81 bits per heavy atom. The van der Waals surface area contributed by atoms with Crippen LogP contribution in [0.2, 0.25) is 0 Å². The molecule has 0 aromatic rings. The predicted molar refractivity (Wildman–Crippen MR) is 136 cm³/mol. The van der Waals surface area contributed by atoms with Crippen LogP contribution in [0.1, 0.15) is 52.9 Å². The summed E-state index contributed by atoms with van der Waals surface area (Å²) in [5, 5.41) is 11.9. The van der Waals surface area contributed by atoms with Crippen molar-refractivity contribution in [1.29, 1.82) is 0 Å². The third kappa shape index (κ3) is 3.98. The van der Waals surface area contributed by atoms with Crippen LogP contribution in [-0.4, -0.2) is 90.2 Å². The zero-order valence-electron chi connectivity index (χ0n) is 22.5. The highest BCUT2D eigenvalue weighted by molar-refractivity contribution is 6.02. The molecule has 6 atom stereocenters.